The lowest BCUT2D eigenvalue weighted by Crippen LogP contribution is -2.29. The number of hydrogen-bond acceptors (Lipinski definition) is 5. The summed E-state index contributed by atoms with van der Waals surface area (Å²) in [5, 5.41) is 5.76. The van der Waals surface area contributed by atoms with Crippen molar-refractivity contribution in [1.82, 2.24) is 10.6 Å². The summed E-state index contributed by atoms with van der Waals surface area (Å²) >= 11 is 0. The number of nitrogens with one attached hydrogen (secondary N) is 2. The monoisotopic (exact) mass is 424 g/mol. The number of ether oxygens (including phenoxy) is 1. The van der Waals surface area contributed by atoms with E-state index in [9.17, 15) is 18.8 Å². The number of ketones is 1. The minimum absolute atomic E-state index is 0.0350. The van der Waals surface area contributed by atoms with E-state index in [4.69, 9.17) is 9.15 Å². The lowest BCUT2D eigenvalue weighted by atomic mass is 9.96. The normalized spacial score (nSPS) is 14.9. The summed E-state index contributed by atoms with van der Waals surface area (Å²) < 4.78 is 25.1. The minimum Gasteiger partial charge on any atom is -0.483 e. The van der Waals surface area contributed by atoms with Crippen LogP contribution in [0.3, 0.4) is 0 Å². The Hall–Kier alpha value is -3.68. The van der Waals surface area contributed by atoms with Gasteiger partial charge in [0.25, 0.3) is 11.8 Å². The molecule has 0 aliphatic carbocycles. The highest BCUT2D eigenvalue weighted by Crippen LogP contribution is 2.39. The number of furan rings is 1. The number of amides is 2. The first-order chi connectivity index (χ1) is 15.0. The average molecular weight is 424 g/mol. The number of Topliss-reactive ketones (excluding diaryl/α,β-unsaturated/α-hetero) is 1. The molecule has 160 valence electrons. The fraction of sp³-hybridized carbons (Fsp3) is 0.261. The zero-order valence-corrected chi connectivity index (χ0v) is 16.9. The molecule has 1 aliphatic heterocycles. The van der Waals surface area contributed by atoms with Crippen LogP contribution < -0.4 is 15.4 Å². The van der Waals surface area contributed by atoms with Gasteiger partial charge in [-0.15, -0.1) is 0 Å². The van der Waals surface area contributed by atoms with Gasteiger partial charge in [-0.05, 0) is 42.8 Å². The van der Waals surface area contributed by atoms with Crippen molar-refractivity contribution < 1.29 is 27.9 Å². The van der Waals surface area contributed by atoms with E-state index in [0.29, 0.717) is 40.8 Å². The fourth-order valence-electron chi connectivity index (χ4n) is 3.69. The third kappa shape index (κ3) is 4.14. The molecule has 2 N–H and O–H groups in total. The molecule has 1 aromatic heterocycles. The van der Waals surface area contributed by atoms with E-state index in [1.54, 1.807) is 12.1 Å². The number of halogens is 1. The van der Waals surface area contributed by atoms with Crippen LogP contribution in [0, 0.1) is 5.82 Å². The van der Waals surface area contributed by atoms with Gasteiger partial charge in [0.15, 0.2) is 6.61 Å². The molecule has 0 fully saturated rings. The lowest BCUT2D eigenvalue weighted by molar-refractivity contribution is -0.123. The minimum atomic E-state index is -0.411. The van der Waals surface area contributed by atoms with E-state index in [0.717, 1.165) is 0 Å². The zero-order chi connectivity index (χ0) is 22.0. The number of rotatable bonds is 2. The van der Waals surface area contributed by atoms with Crippen LogP contribution in [0.5, 0.6) is 5.75 Å². The molecular formula is C23H21FN2O5. The van der Waals surface area contributed by atoms with Gasteiger partial charge in [0.2, 0.25) is 0 Å². The molecule has 2 amide bonds. The van der Waals surface area contributed by atoms with Crippen LogP contribution in [-0.4, -0.2) is 37.8 Å². The number of benzene rings is 2. The molecule has 4 rings (SSSR count). The van der Waals surface area contributed by atoms with Crippen molar-refractivity contribution in [2.24, 2.45) is 0 Å². The van der Waals surface area contributed by atoms with Gasteiger partial charge in [-0.25, -0.2) is 4.39 Å². The second-order valence-electron chi connectivity index (χ2n) is 7.27. The third-order valence-electron chi connectivity index (χ3n) is 5.17. The van der Waals surface area contributed by atoms with Crippen molar-refractivity contribution in [2.75, 3.05) is 20.2 Å². The Balaban J connectivity index is 1.95. The van der Waals surface area contributed by atoms with E-state index < -0.39 is 11.7 Å². The van der Waals surface area contributed by atoms with E-state index in [1.165, 1.54) is 31.3 Å². The van der Waals surface area contributed by atoms with Crippen LogP contribution in [0.25, 0.3) is 22.3 Å². The Morgan fingerprint density at radius 3 is 2.65 bits per heavy atom. The maximum absolute atomic E-state index is 13.4. The smallest absolute Gasteiger partial charge is 0.257 e. The van der Waals surface area contributed by atoms with Crippen molar-refractivity contribution in [2.45, 2.75) is 19.3 Å². The standard InChI is InChI=1S/C23H21FN2O5/c1-25-23(29)21-20-16-11-15(27)3-2-10-26-19(28)12-30-17(16)8-9-18(20)31-22(21)13-4-6-14(24)7-5-13/h4-9H,2-3,10-12H2,1H3,(H,25,29)(H,26,28). The van der Waals surface area contributed by atoms with E-state index in [-0.39, 0.29) is 42.5 Å². The molecule has 0 unspecified atom stereocenters. The van der Waals surface area contributed by atoms with Crippen molar-refractivity contribution >= 4 is 28.6 Å². The molecular weight excluding hydrogens is 403 g/mol. The third-order valence-corrected chi connectivity index (χ3v) is 5.17. The van der Waals surface area contributed by atoms with Crippen LogP contribution in [-0.2, 0) is 16.0 Å². The second-order valence-corrected chi connectivity index (χ2v) is 7.27. The molecule has 0 bridgehead atoms. The number of carbonyl (C=O) groups excluding carboxylic acids is 3. The van der Waals surface area contributed by atoms with Gasteiger partial charge in [-0.1, -0.05) is 0 Å². The zero-order valence-electron chi connectivity index (χ0n) is 16.9. The van der Waals surface area contributed by atoms with Crippen LogP contribution in [0.1, 0.15) is 28.8 Å². The molecule has 0 saturated carbocycles. The van der Waals surface area contributed by atoms with Crippen molar-refractivity contribution in [1.29, 1.82) is 0 Å². The number of hydrogen-bond donors (Lipinski definition) is 2. The van der Waals surface area contributed by atoms with E-state index >= 15 is 0 Å². The molecule has 31 heavy (non-hydrogen) atoms. The number of fused-ring (bicyclic) bond motifs is 3. The highest BCUT2D eigenvalue weighted by atomic mass is 19.1. The first-order valence-electron chi connectivity index (χ1n) is 9.95. The summed E-state index contributed by atoms with van der Waals surface area (Å²) in [6.07, 6.45) is 0.839. The second kappa shape index (κ2) is 8.59. The summed E-state index contributed by atoms with van der Waals surface area (Å²) in [6, 6.07) is 8.87. The average Bonchev–Trinajstić information content (AvgIpc) is 3.14. The topological polar surface area (TPSA) is 97.6 Å². The molecule has 0 radical (unpaired) electrons. The van der Waals surface area contributed by atoms with Crippen LogP contribution in [0.2, 0.25) is 0 Å². The Morgan fingerprint density at radius 1 is 1.13 bits per heavy atom. The summed E-state index contributed by atoms with van der Waals surface area (Å²) in [7, 11) is 1.49. The van der Waals surface area contributed by atoms with Gasteiger partial charge in [0.1, 0.15) is 28.7 Å². The maximum atomic E-state index is 13.4. The molecule has 2 heterocycles. The van der Waals surface area contributed by atoms with Crippen molar-refractivity contribution in [3.05, 3.63) is 53.3 Å². The number of carbonyl (C=O) groups is 3. The molecule has 0 saturated heterocycles. The first-order valence-corrected chi connectivity index (χ1v) is 9.95. The van der Waals surface area contributed by atoms with Crippen LogP contribution in [0.15, 0.2) is 40.8 Å². The molecule has 7 nitrogen and oxygen atoms in total. The van der Waals surface area contributed by atoms with Gasteiger partial charge < -0.3 is 19.8 Å². The van der Waals surface area contributed by atoms with Gasteiger partial charge in [0.05, 0.1) is 5.56 Å². The lowest BCUT2D eigenvalue weighted by Gasteiger charge is -2.12. The summed E-state index contributed by atoms with van der Waals surface area (Å²) in [6.45, 7) is 0.189. The molecule has 8 heteroatoms. The summed E-state index contributed by atoms with van der Waals surface area (Å²) in [5.74, 6) is -0.540. The largest absolute Gasteiger partial charge is 0.483 e. The van der Waals surface area contributed by atoms with E-state index in [2.05, 4.69) is 10.6 Å². The highest BCUT2D eigenvalue weighted by molar-refractivity contribution is 6.13. The SMILES string of the molecule is CNC(=O)c1c(-c2ccc(F)cc2)oc2ccc3c(c12)CC(=O)CCCNC(=O)CO3. The Kier molecular flexibility index (Phi) is 5.70. The predicted octanol–water partition coefficient (Wildman–Crippen LogP) is 3.00. The quantitative estimate of drug-likeness (QED) is 0.659. The van der Waals surface area contributed by atoms with Gasteiger partial charge in [-0.2, -0.15) is 0 Å². The molecule has 1 aliphatic rings. The van der Waals surface area contributed by atoms with Crippen molar-refractivity contribution in [3.63, 3.8) is 0 Å². The van der Waals surface area contributed by atoms with Crippen LogP contribution >= 0.6 is 0 Å². The molecule has 0 atom stereocenters. The van der Waals surface area contributed by atoms with Gasteiger partial charge in [0, 0.05) is 42.9 Å². The van der Waals surface area contributed by atoms with Gasteiger partial charge >= 0.3 is 0 Å². The van der Waals surface area contributed by atoms with Crippen LogP contribution in [0.4, 0.5) is 4.39 Å². The Labute approximate surface area is 177 Å². The molecule has 3 aromatic rings. The maximum Gasteiger partial charge on any atom is 0.257 e. The Morgan fingerprint density at radius 2 is 1.90 bits per heavy atom. The summed E-state index contributed by atoms with van der Waals surface area (Å²) in [4.78, 5) is 37.5. The highest BCUT2D eigenvalue weighted by Gasteiger charge is 2.27. The van der Waals surface area contributed by atoms with Crippen molar-refractivity contribution in [3.8, 4) is 17.1 Å². The first kappa shape index (κ1) is 20.6. The Bertz CT molecular complexity index is 1170. The molecule has 0 spiro atoms. The predicted molar refractivity (Wildman–Crippen MR) is 111 cm³/mol. The fourth-order valence-corrected chi connectivity index (χ4v) is 3.69. The summed E-state index contributed by atoms with van der Waals surface area (Å²) in [5.41, 5.74) is 1.64. The van der Waals surface area contributed by atoms with E-state index in [1.807, 2.05) is 0 Å². The van der Waals surface area contributed by atoms with Gasteiger partial charge in [-0.3, -0.25) is 14.4 Å². The molecule has 2 aromatic carbocycles.